The Bertz CT molecular complexity index is 1780. The summed E-state index contributed by atoms with van der Waals surface area (Å²) in [6.07, 6.45) is 8.74. The van der Waals surface area contributed by atoms with Gasteiger partial charge in [0.2, 0.25) is 5.91 Å². The van der Waals surface area contributed by atoms with E-state index in [-0.39, 0.29) is 37.0 Å². The fourth-order valence-electron chi connectivity index (χ4n) is 5.86. The van der Waals surface area contributed by atoms with Crippen molar-refractivity contribution in [1.29, 1.82) is 0 Å². The van der Waals surface area contributed by atoms with Crippen molar-refractivity contribution in [2.45, 2.75) is 73.6 Å². The van der Waals surface area contributed by atoms with Gasteiger partial charge < -0.3 is 35.6 Å². The maximum absolute atomic E-state index is 12.4. The molecule has 3 aromatic rings. The first kappa shape index (κ1) is 31.2. The van der Waals surface area contributed by atoms with E-state index in [9.17, 15) is 29.7 Å². The van der Waals surface area contributed by atoms with Crippen LogP contribution in [0.3, 0.4) is 0 Å². The second kappa shape index (κ2) is 12.6. The Labute approximate surface area is 249 Å². The Balaban J connectivity index is 1.92. The monoisotopic (exact) mass is 588 g/mol. The summed E-state index contributed by atoms with van der Waals surface area (Å²) in [4.78, 5) is 45.3. The number of hydrogen-bond acceptors (Lipinski definition) is 4. The largest absolute Gasteiger partial charge is 0.494 e. The van der Waals surface area contributed by atoms with Gasteiger partial charge in [-0.25, -0.2) is 0 Å². The molecule has 228 valence electrons. The maximum atomic E-state index is 12.4. The van der Waals surface area contributed by atoms with E-state index in [4.69, 9.17) is 0 Å². The Morgan fingerprint density at radius 1 is 0.791 bits per heavy atom. The molecule has 10 heteroatoms. The van der Waals surface area contributed by atoms with Gasteiger partial charge in [0.1, 0.15) is 0 Å². The first-order valence-corrected chi connectivity index (χ1v) is 14.5. The SMILES string of the molecule is C/C=C1\C(=C\c2[nH]c(/C=c3\[nH]/c(=C\c4[nH]c(O)c(CC)c4C)c(C)c3CCC(=O)O)c(CCC(=O)O)c2C)NC(=O)[C@@H]1C. The highest BCUT2D eigenvalue weighted by atomic mass is 16.4. The molecule has 1 fully saturated rings. The molecule has 4 heterocycles. The number of allylic oxidation sites excluding steroid dienone is 2. The van der Waals surface area contributed by atoms with E-state index in [0.717, 1.165) is 55.7 Å². The molecular weight excluding hydrogens is 548 g/mol. The van der Waals surface area contributed by atoms with Crippen LogP contribution in [0.25, 0.3) is 18.2 Å². The average Bonchev–Trinajstić information content (AvgIpc) is 3.59. The van der Waals surface area contributed by atoms with E-state index in [0.29, 0.717) is 29.6 Å². The molecule has 1 atom stereocenters. The summed E-state index contributed by atoms with van der Waals surface area (Å²) in [5, 5.41) is 33.6. The molecule has 0 saturated carbocycles. The number of H-pyrrole nitrogens is 3. The van der Waals surface area contributed by atoms with Crippen LogP contribution in [0.4, 0.5) is 0 Å². The number of carboxylic acid groups (broad SMARTS) is 2. The highest BCUT2D eigenvalue weighted by Gasteiger charge is 2.29. The van der Waals surface area contributed by atoms with Crippen LogP contribution in [-0.4, -0.2) is 48.1 Å². The molecule has 1 amide bonds. The van der Waals surface area contributed by atoms with Crippen LogP contribution in [0.1, 0.15) is 84.1 Å². The highest BCUT2D eigenvalue weighted by molar-refractivity contribution is 5.91. The molecular formula is C33H40N4O6. The molecule has 0 aliphatic carbocycles. The molecule has 4 rings (SSSR count). The van der Waals surface area contributed by atoms with Crippen LogP contribution in [0.2, 0.25) is 0 Å². The second-order valence-corrected chi connectivity index (χ2v) is 11.0. The van der Waals surface area contributed by atoms with Gasteiger partial charge in [-0.15, -0.1) is 0 Å². The van der Waals surface area contributed by atoms with Crippen molar-refractivity contribution < 1.29 is 29.7 Å². The summed E-state index contributed by atoms with van der Waals surface area (Å²) < 4.78 is 0. The van der Waals surface area contributed by atoms with Crippen LogP contribution in [0.5, 0.6) is 5.88 Å². The van der Waals surface area contributed by atoms with Gasteiger partial charge in [-0.3, -0.25) is 14.4 Å². The van der Waals surface area contributed by atoms with E-state index in [1.54, 1.807) is 0 Å². The number of aromatic nitrogens is 3. The molecule has 0 bridgehead atoms. The Kier molecular flexibility index (Phi) is 9.18. The zero-order valence-corrected chi connectivity index (χ0v) is 25.5. The van der Waals surface area contributed by atoms with Gasteiger partial charge in [0.05, 0.1) is 5.92 Å². The number of carbonyl (C=O) groups excluding carboxylic acids is 1. The zero-order chi connectivity index (χ0) is 31.6. The molecule has 3 aromatic heterocycles. The topological polar surface area (TPSA) is 171 Å². The molecule has 0 unspecified atom stereocenters. The maximum Gasteiger partial charge on any atom is 0.303 e. The Hall–Kier alpha value is -4.73. The van der Waals surface area contributed by atoms with Crippen molar-refractivity contribution in [2.75, 3.05) is 0 Å². The number of aromatic amines is 3. The predicted molar refractivity (Wildman–Crippen MR) is 165 cm³/mol. The van der Waals surface area contributed by atoms with Gasteiger partial charge in [-0.1, -0.05) is 13.0 Å². The number of nitrogens with one attached hydrogen (secondary N) is 4. The standard InChI is InChI=1S/C33H40N4O6/c1-7-20-19(6)32(42)37-27(20)14-25-18(5)23(10-12-31(40)41)29(35-25)15-28-22(9-11-30(38)39)17(4)24(34-28)13-26-16(3)21(8-2)33(43)36-26/h7,13-15,19,34-36,43H,8-12H2,1-6H3,(H,37,42)(H,38,39)(H,40,41)/b20-7-,24-13-,27-14-,28-15-/t19-/m1/s1. The summed E-state index contributed by atoms with van der Waals surface area (Å²) >= 11 is 0. The lowest BCUT2D eigenvalue weighted by Crippen LogP contribution is -2.16. The molecule has 43 heavy (non-hydrogen) atoms. The van der Waals surface area contributed by atoms with Gasteiger partial charge in [0.25, 0.3) is 0 Å². The van der Waals surface area contributed by atoms with E-state index >= 15 is 0 Å². The number of aromatic hydroxyl groups is 1. The molecule has 1 aliphatic rings. The number of hydrogen-bond donors (Lipinski definition) is 7. The van der Waals surface area contributed by atoms with Gasteiger partial charge in [-0.2, -0.15) is 0 Å². The molecule has 0 spiro atoms. The van der Waals surface area contributed by atoms with E-state index in [1.165, 1.54) is 0 Å². The van der Waals surface area contributed by atoms with Crippen LogP contribution in [-0.2, 0) is 33.6 Å². The molecule has 10 nitrogen and oxygen atoms in total. The number of carboxylic acids is 2. The zero-order valence-electron chi connectivity index (χ0n) is 25.5. The van der Waals surface area contributed by atoms with Gasteiger partial charge >= 0.3 is 11.9 Å². The number of amides is 1. The molecule has 7 N–H and O–H groups in total. The van der Waals surface area contributed by atoms with Crippen molar-refractivity contribution in [2.24, 2.45) is 5.92 Å². The van der Waals surface area contributed by atoms with Gasteiger partial charge in [0.15, 0.2) is 5.88 Å². The first-order chi connectivity index (χ1) is 20.4. The van der Waals surface area contributed by atoms with Gasteiger partial charge in [0, 0.05) is 51.9 Å². The second-order valence-electron chi connectivity index (χ2n) is 11.0. The third-order valence-electron chi connectivity index (χ3n) is 8.43. The summed E-state index contributed by atoms with van der Waals surface area (Å²) in [5.41, 5.74) is 9.01. The molecule has 1 saturated heterocycles. The van der Waals surface area contributed by atoms with E-state index < -0.39 is 11.9 Å². The van der Waals surface area contributed by atoms with Crippen molar-refractivity contribution >= 4 is 36.1 Å². The summed E-state index contributed by atoms with van der Waals surface area (Å²) in [6, 6.07) is 0. The third kappa shape index (κ3) is 6.38. The normalized spacial score (nSPS) is 17.9. The first-order valence-electron chi connectivity index (χ1n) is 14.5. The van der Waals surface area contributed by atoms with Crippen LogP contribution >= 0.6 is 0 Å². The van der Waals surface area contributed by atoms with Gasteiger partial charge in [-0.05, 0) is 105 Å². The van der Waals surface area contributed by atoms with E-state index in [2.05, 4.69) is 20.3 Å². The summed E-state index contributed by atoms with van der Waals surface area (Å²) in [6.45, 7) is 11.5. The minimum Gasteiger partial charge on any atom is -0.494 e. The van der Waals surface area contributed by atoms with Crippen molar-refractivity contribution in [1.82, 2.24) is 20.3 Å². The lowest BCUT2D eigenvalue weighted by Gasteiger charge is -2.03. The lowest BCUT2D eigenvalue weighted by atomic mass is 10.00. The van der Waals surface area contributed by atoms with Crippen LogP contribution in [0, 0.1) is 26.7 Å². The molecule has 0 aromatic carbocycles. The Morgan fingerprint density at radius 2 is 1.37 bits per heavy atom. The van der Waals surface area contributed by atoms with Crippen molar-refractivity contribution in [3.8, 4) is 5.88 Å². The summed E-state index contributed by atoms with van der Waals surface area (Å²) in [7, 11) is 0. The average molecular weight is 589 g/mol. The number of aliphatic carboxylic acids is 2. The lowest BCUT2D eigenvalue weighted by molar-refractivity contribution is -0.138. The fourth-order valence-corrected chi connectivity index (χ4v) is 5.86. The minimum absolute atomic E-state index is 0.0573. The van der Waals surface area contributed by atoms with Crippen molar-refractivity contribution in [3.63, 3.8) is 0 Å². The minimum atomic E-state index is -0.912. The quantitative estimate of drug-likeness (QED) is 0.191. The molecule has 0 radical (unpaired) electrons. The predicted octanol–water partition coefficient (Wildman–Crippen LogP) is 3.61. The molecule has 1 aliphatic heterocycles. The van der Waals surface area contributed by atoms with Crippen molar-refractivity contribution in [3.05, 3.63) is 78.5 Å². The smallest absolute Gasteiger partial charge is 0.303 e. The number of carbonyl (C=O) groups is 3. The van der Waals surface area contributed by atoms with Crippen LogP contribution < -0.4 is 16.0 Å². The summed E-state index contributed by atoms with van der Waals surface area (Å²) in [5.74, 6) is -2.03. The van der Waals surface area contributed by atoms with E-state index in [1.807, 2.05) is 65.8 Å². The Morgan fingerprint density at radius 3 is 1.95 bits per heavy atom. The highest BCUT2D eigenvalue weighted by Crippen LogP contribution is 2.30. The fraction of sp³-hybridized carbons (Fsp3) is 0.364. The third-order valence-corrected chi connectivity index (χ3v) is 8.43. The number of rotatable bonds is 10. The van der Waals surface area contributed by atoms with Crippen LogP contribution in [0.15, 0.2) is 17.3 Å².